The fourth-order valence-corrected chi connectivity index (χ4v) is 2.44. The van der Waals surface area contributed by atoms with Crippen LogP contribution < -0.4 is 4.74 Å². The minimum Gasteiger partial charge on any atom is -0.478 e. The highest BCUT2D eigenvalue weighted by Crippen LogP contribution is 2.32. The molecule has 0 amide bonds. The Morgan fingerprint density at radius 3 is 2.82 bits per heavy atom. The second-order valence-electron chi connectivity index (χ2n) is 3.54. The highest BCUT2D eigenvalue weighted by atomic mass is 35.7. The highest BCUT2D eigenvalue weighted by molar-refractivity contribution is 8.13. The summed E-state index contributed by atoms with van der Waals surface area (Å²) in [6.07, 6.45) is -0.439. The molecule has 7 heteroatoms. The van der Waals surface area contributed by atoms with Crippen molar-refractivity contribution in [2.75, 3.05) is 7.11 Å². The van der Waals surface area contributed by atoms with Gasteiger partial charge in [0.1, 0.15) is 5.75 Å². The quantitative estimate of drug-likeness (QED) is 0.597. The molecule has 1 atom stereocenters. The van der Waals surface area contributed by atoms with Crippen molar-refractivity contribution in [2.24, 2.45) is 0 Å². The van der Waals surface area contributed by atoms with Crippen LogP contribution in [0.5, 0.6) is 5.75 Å². The average Bonchev–Trinajstić information content (AvgIpc) is 2.69. The van der Waals surface area contributed by atoms with E-state index in [-0.39, 0.29) is 11.3 Å². The topological polar surface area (TPSA) is 69.7 Å². The van der Waals surface area contributed by atoms with Crippen LogP contribution in [0.2, 0.25) is 0 Å². The molecule has 1 aromatic carbocycles. The van der Waals surface area contributed by atoms with Gasteiger partial charge in [0.2, 0.25) is 0 Å². The lowest BCUT2D eigenvalue weighted by molar-refractivity contribution is -0.147. The molecule has 5 nitrogen and oxygen atoms in total. The molecule has 1 aliphatic rings. The SMILES string of the molecule is COC(=O)[C@@H]1Cc2cc(S(=O)(=O)Cl)ccc2O1. The van der Waals surface area contributed by atoms with Gasteiger partial charge in [0, 0.05) is 17.1 Å². The van der Waals surface area contributed by atoms with E-state index < -0.39 is 21.1 Å². The van der Waals surface area contributed by atoms with Gasteiger partial charge in [0.05, 0.1) is 12.0 Å². The number of methoxy groups -OCH3 is 1. The number of benzene rings is 1. The molecule has 0 radical (unpaired) electrons. The molecule has 0 aromatic heterocycles. The van der Waals surface area contributed by atoms with Gasteiger partial charge in [-0.25, -0.2) is 13.2 Å². The maximum Gasteiger partial charge on any atom is 0.347 e. The lowest BCUT2D eigenvalue weighted by atomic mass is 10.1. The third-order valence-electron chi connectivity index (χ3n) is 2.45. The summed E-state index contributed by atoms with van der Waals surface area (Å²) in [5, 5.41) is 0. The molecule has 0 bridgehead atoms. The van der Waals surface area contributed by atoms with E-state index >= 15 is 0 Å². The van der Waals surface area contributed by atoms with Crippen molar-refractivity contribution in [1.29, 1.82) is 0 Å². The first-order chi connectivity index (χ1) is 7.91. The molecule has 17 heavy (non-hydrogen) atoms. The Hall–Kier alpha value is -1.27. The molecule has 0 aliphatic carbocycles. The molecule has 1 aromatic rings. The fraction of sp³-hybridized carbons (Fsp3) is 0.300. The van der Waals surface area contributed by atoms with Crippen molar-refractivity contribution in [3.05, 3.63) is 23.8 Å². The summed E-state index contributed by atoms with van der Waals surface area (Å²) in [6, 6.07) is 4.22. The van der Waals surface area contributed by atoms with Crippen molar-refractivity contribution >= 4 is 25.7 Å². The van der Waals surface area contributed by atoms with Crippen LogP contribution in [0.4, 0.5) is 0 Å². The van der Waals surface area contributed by atoms with E-state index in [4.69, 9.17) is 15.4 Å². The molecule has 0 spiro atoms. The summed E-state index contributed by atoms with van der Waals surface area (Å²) < 4.78 is 32.1. The second-order valence-corrected chi connectivity index (χ2v) is 6.11. The van der Waals surface area contributed by atoms with E-state index in [9.17, 15) is 13.2 Å². The van der Waals surface area contributed by atoms with Gasteiger partial charge in [-0.2, -0.15) is 0 Å². The number of ether oxygens (including phenoxy) is 2. The summed E-state index contributed by atoms with van der Waals surface area (Å²) in [5.74, 6) is -0.0130. The molecule has 1 aliphatic heterocycles. The first-order valence-corrected chi connectivity index (χ1v) is 7.05. The van der Waals surface area contributed by atoms with E-state index in [1.54, 1.807) is 0 Å². The van der Waals surface area contributed by atoms with Gasteiger partial charge in [-0.15, -0.1) is 0 Å². The maximum atomic E-state index is 11.3. The third kappa shape index (κ3) is 2.37. The monoisotopic (exact) mass is 276 g/mol. The smallest absolute Gasteiger partial charge is 0.347 e. The molecule has 1 heterocycles. The number of esters is 1. The summed E-state index contributed by atoms with van der Waals surface area (Å²) in [6.45, 7) is 0. The number of carbonyl (C=O) groups is 1. The van der Waals surface area contributed by atoms with E-state index in [1.165, 1.54) is 25.3 Å². The second kappa shape index (κ2) is 4.19. The largest absolute Gasteiger partial charge is 0.478 e. The van der Waals surface area contributed by atoms with E-state index in [0.717, 1.165) is 0 Å². The van der Waals surface area contributed by atoms with Gasteiger partial charge in [-0.1, -0.05) is 0 Å². The van der Waals surface area contributed by atoms with E-state index in [1.807, 2.05) is 0 Å². The van der Waals surface area contributed by atoms with E-state index in [2.05, 4.69) is 4.74 Å². The Labute approximate surface area is 103 Å². The molecule has 2 rings (SSSR count). The summed E-state index contributed by atoms with van der Waals surface area (Å²) in [7, 11) is 2.73. The predicted octanol–water partition coefficient (Wildman–Crippen LogP) is 1.09. The van der Waals surface area contributed by atoms with Crippen molar-refractivity contribution in [3.63, 3.8) is 0 Å². The normalized spacial score (nSPS) is 18.4. The number of carbonyl (C=O) groups excluding carboxylic acids is 1. The molecule has 0 saturated carbocycles. The highest BCUT2D eigenvalue weighted by Gasteiger charge is 2.30. The fourth-order valence-electron chi connectivity index (χ4n) is 1.64. The van der Waals surface area contributed by atoms with Gasteiger partial charge < -0.3 is 9.47 Å². The summed E-state index contributed by atoms with van der Waals surface area (Å²) in [5.41, 5.74) is 0.627. The first kappa shape index (κ1) is 12.2. The van der Waals surface area contributed by atoms with Gasteiger partial charge in [0.25, 0.3) is 9.05 Å². The van der Waals surface area contributed by atoms with Gasteiger partial charge in [-0.3, -0.25) is 0 Å². The van der Waals surface area contributed by atoms with Crippen LogP contribution in [-0.2, 0) is 25.0 Å². The van der Waals surface area contributed by atoms with Gasteiger partial charge in [-0.05, 0) is 23.8 Å². The Balaban J connectivity index is 2.31. The average molecular weight is 277 g/mol. The van der Waals surface area contributed by atoms with Crippen LogP contribution >= 0.6 is 10.7 Å². The van der Waals surface area contributed by atoms with Crippen LogP contribution in [0.15, 0.2) is 23.1 Å². The first-order valence-electron chi connectivity index (χ1n) is 4.74. The zero-order valence-electron chi connectivity index (χ0n) is 8.84. The minimum absolute atomic E-state index is 0.00738. The van der Waals surface area contributed by atoms with Crippen molar-refractivity contribution in [3.8, 4) is 5.75 Å². The number of hydrogen-bond donors (Lipinski definition) is 0. The van der Waals surface area contributed by atoms with Gasteiger partial charge in [0.15, 0.2) is 6.10 Å². The zero-order chi connectivity index (χ0) is 12.6. The zero-order valence-corrected chi connectivity index (χ0v) is 10.4. The molecule has 0 fully saturated rings. The number of hydrogen-bond acceptors (Lipinski definition) is 5. The Morgan fingerprint density at radius 1 is 1.53 bits per heavy atom. The molecule has 0 unspecified atom stereocenters. The standard InChI is InChI=1S/C10H9ClO5S/c1-15-10(12)9-5-6-4-7(17(11,13)14)2-3-8(6)16-9/h2-4,9H,5H2,1H3/t9-/m0/s1. The van der Waals surface area contributed by atoms with Crippen molar-refractivity contribution in [1.82, 2.24) is 0 Å². The molecule has 92 valence electrons. The Kier molecular flexibility index (Phi) is 3.01. The number of rotatable bonds is 2. The number of fused-ring (bicyclic) bond motifs is 1. The lowest BCUT2D eigenvalue weighted by Gasteiger charge is -2.06. The van der Waals surface area contributed by atoms with E-state index in [0.29, 0.717) is 11.3 Å². The lowest BCUT2D eigenvalue weighted by Crippen LogP contribution is -2.26. The summed E-state index contributed by atoms with van der Waals surface area (Å²) >= 11 is 0. The molecule has 0 N–H and O–H groups in total. The third-order valence-corrected chi connectivity index (χ3v) is 3.80. The predicted molar refractivity (Wildman–Crippen MR) is 59.6 cm³/mol. The van der Waals surface area contributed by atoms with Gasteiger partial charge >= 0.3 is 5.97 Å². The van der Waals surface area contributed by atoms with Crippen LogP contribution in [0.1, 0.15) is 5.56 Å². The maximum absolute atomic E-state index is 11.3. The number of halogens is 1. The Bertz CT molecular complexity index is 566. The molecular weight excluding hydrogens is 268 g/mol. The molecule has 0 saturated heterocycles. The summed E-state index contributed by atoms with van der Waals surface area (Å²) in [4.78, 5) is 11.3. The van der Waals surface area contributed by atoms with Crippen molar-refractivity contribution in [2.45, 2.75) is 17.4 Å². The van der Waals surface area contributed by atoms with Crippen LogP contribution in [0, 0.1) is 0 Å². The Morgan fingerprint density at radius 2 is 2.24 bits per heavy atom. The van der Waals surface area contributed by atoms with Crippen molar-refractivity contribution < 1.29 is 22.7 Å². The van der Waals surface area contributed by atoms with Crippen LogP contribution in [0.3, 0.4) is 0 Å². The van der Waals surface area contributed by atoms with Crippen LogP contribution in [0.25, 0.3) is 0 Å². The molecular formula is C10H9ClO5S. The minimum atomic E-state index is -3.77. The van der Waals surface area contributed by atoms with Crippen LogP contribution in [-0.4, -0.2) is 27.6 Å².